The van der Waals surface area contributed by atoms with Crippen molar-refractivity contribution in [1.29, 1.82) is 0 Å². The number of rotatable bonds is 7. The number of hydrogen-bond donors (Lipinski definition) is 1. The fraction of sp³-hybridized carbons (Fsp3) is 0.500. The van der Waals surface area contributed by atoms with Crippen molar-refractivity contribution in [3.63, 3.8) is 0 Å². The number of aromatic nitrogens is 4. The summed E-state index contributed by atoms with van der Waals surface area (Å²) in [5.41, 5.74) is -0.282. The third kappa shape index (κ3) is 4.64. The smallest absolute Gasteiger partial charge is 0.332 e. The summed E-state index contributed by atoms with van der Waals surface area (Å²) >= 11 is 5.91. The topological polar surface area (TPSA) is 97.8 Å². The summed E-state index contributed by atoms with van der Waals surface area (Å²) in [6.07, 6.45) is -0.907. The predicted molar refractivity (Wildman–Crippen MR) is 127 cm³/mol. The zero-order valence-corrected chi connectivity index (χ0v) is 19.8. The molecule has 11 heteroatoms. The van der Waals surface area contributed by atoms with Crippen LogP contribution in [0.4, 0.5) is 5.95 Å². The maximum absolute atomic E-state index is 13.0. The van der Waals surface area contributed by atoms with Gasteiger partial charge in [-0.15, -0.1) is 0 Å². The van der Waals surface area contributed by atoms with Gasteiger partial charge in [0.2, 0.25) is 5.95 Å². The maximum Gasteiger partial charge on any atom is 0.332 e. The molecule has 1 aromatic carbocycles. The molecular weight excluding hydrogens is 448 g/mol. The summed E-state index contributed by atoms with van der Waals surface area (Å²) in [5.74, 6) is 1.16. The third-order valence-corrected chi connectivity index (χ3v) is 6.33. The first-order valence-corrected chi connectivity index (χ1v) is 11.4. The Hall–Kier alpha value is -2.82. The van der Waals surface area contributed by atoms with E-state index < -0.39 is 17.4 Å². The van der Waals surface area contributed by atoms with Gasteiger partial charge in [-0.1, -0.05) is 18.5 Å². The number of halogens is 1. The van der Waals surface area contributed by atoms with Crippen LogP contribution in [0.25, 0.3) is 11.2 Å². The highest BCUT2D eigenvalue weighted by Gasteiger charge is 2.26. The second kappa shape index (κ2) is 9.58. The van der Waals surface area contributed by atoms with Crippen molar-refractivity contribution < 1.29 is 9.84 Å². The van der Waals surface area contributed by atoms with E-state index in [1.165, 1.54) is 11.6 Å². The second-order valence-electron chi connectivity index (χ2n) is 8.24. The van der Waals surface area contributed by atoms with E-state index in [1.54, 1.807) is 35.9 Å². The lowest BCUT2D eigenvalue weighted by atomic mass is 10.3. The van der Waals surface area contributed by atoms with Crippen LogP contribution < -0.4 is 20.9 Å². The van der Waals surface area contributed by atoms with Crippen LogP contribution in [0, 0.1) is 0 Å². The number of anilines is 1. The molecule has 1 atom stereocenters. The van der Waals surface area contributed by atoms with Crippen molar-refractivity contribution in [3.8, 4) is 5.75 Å². The van der Waals surface area contributed by atoms with E-state index in [0.29, 0.717) is 22.4 Å². The number of imidazole rings is 1. The summed E-state index contributed by atoms with van der Waals surface area (Å²) in [6, 6.07) is 6.88. The lowest BCUT2D eigenvalue weighted by Gasteiger charge is -2.35. The molecule has 10 nitrogen and oxygen atoms in total. The van der Waals surface area contributed by atoms with Crippen molar-refractivity contribution in [2.24, 2.45) is 14.1 Å². The van der Waals surface area contributed by atoms with Crippen molar-refractivity contribution >= 4 is 28.7 Å². The van der Waals surface area contributed by atoms with Gasteiger partial charge < -0.3 is 24.2 Å². The summed E-state index contributed by atoms with van der Waals surface area (Å²) in [6.45, 7) is 6.45. The Bertz CT molecular complexity index is 1240. The van der Waals surface area contributed by atoms with Gasteiger partial charge in [0.25, 0.3) is 5.56 Å². The molecule has 1 saturated heterocycles. The predicted octanol–water partition coefficient (Wildman–Crippen LogP) is 0.669. The second-order valence-corrected chi connectivity index (χ2v) is 8.68. The van der Waals surface area contributed by atoms with Gasteiger partial charge in [0.05, 0.1) is 6.54 Å². The van der Waals surface area contributed by atoms with E-state index in [1.807, 2.05) is 0 Å². The molecule has 1 aliphatic heterocycles. The average molecular weight is 477 g/mol. The lowest BCUT2D eigenvalue weighted by Crippen LogP contribution is -2.47. The Morgan fingerprint density at radius 2 is 1.76 bits per heavy atom. The number of aliphatic hydroxyl groups is 1. The molecule has 4 rings (SSSR count). The molecule has 1 fully saturated rings. The van der Waals surface area contributed by atoms with Crippen LogP contribution in [0.3, 0.4) is 0 Å². The number of benzene rings is 1. The first kappa shape index (κ1) is 23.3. The highest BCUT2D eigenvalue weighted by molar-refractivity contribution is 6.30. The zero-order valence-electron chi connectivity index (χ0n) is 19.1. The summed E-state index contributed by atoms with van der Waals surface area (Å²) in [4.78, 5) is 34.6. The minimum atomic E-state index is -0.907. The van der Waals surface area contributed by atoms with E-state index in [4.69, 9.17) is 16.3 Å². The number of likely N-dealkylation sites (N-methyl/N-ethyl adjacent to an activating group) is 1. The molecule has 0 amide bonds. The van der Waals surface area contributed by atoms with Crippen molar-refractivity contribution in [3.05, 3.63) is 50.1 Å². The Labute approximate surface area is 196 Å². The van der Waals surface area contributed by atoms with Crippen molar-refractivity contribution in [2.75, 3.05) is 44.2 Å². The summed E-state index contributed by atoms with van der Waals surface area (Å²) in [5, 5.41) is 11.4. The Balaban J connectivity index is 1.67. The molecule has 0 aliphatic carbocycles. The number of nitrogens with zero attached hydrogens (tertiary/aromatic N) is 6. The number of ether oxygens (including phenoxy) is 1. The summed E-state index contributed by atoms with van der Waals surface area (Å²) in [7, 11) is 3.04. The minimum absolute atomic E-state index is 0.0242. The quantitative estimate of drug-likeness (QED) is 0.535. The molecule has 0 radical (unpaired) electrons. The normalized spacial score (nSPS) is 15.8. The van der Waals surface area contributed by atoms with E-state index in [-0.39, 0.29) is 18.7 Å². The van der Waals surface area contributed by atoms with E-state index in [9.17, 15) is 14.7 Å². The molecular formula is C22H29ClN6O4. The van der Waals surface area contributed by atoms with Gasteiger partial charge >= 0.3 is 5.69 Å². The van der Waals surface area contributed by atoms with Gasteiger partial charge in [-0.3, -0.25) is 13.9 Å². The standard InChI is InChI=1S/C22H29ClN6O4/c1-4-27-9-11-28(12-10-27)21-24-19-18(20(31)26(3)22(32)25(19)2)29(21)13-16(30)14-33-17-7-5-15(23)6-8-17/h5-8,16,30H,4,9-14H2,1-3H3/t16-/m1/s1. The number of fused-ring (bicyclic) bond motifs is 1. The van der Waals surface area contributed by atoms with Crippen LogP contribution in [0.15, 0.2) is 33.9 Å². The molecule has 1 aliphatic rings. The molecule has 3 heterocycles. The lowest BCUT2D eigenvalue weighted by molar-refractivity contribution is 0.0935. The summed E-state index contributed by atoms with van der Waals surface area (Å²) < 4.78 is 9.85. The maximum atomic E-state index is 13.0. The fourth-order valence-corrected chi connectivity index (χ4v) is 4.23. The van der Waals surface area contributed by atoms with E-state index in [2.05, 4.69) is 21.7 Å². The highest BCUT2D eigenvalue weighted by atomic mass is 35.5. The largest absolute Gasteiger partial charge is 0.491 e. The van der Waals surface area contributed by atoms with Gasteiger partial charge in [0.1, 0.15) is 18.5 Å². The molecule has 0 bridgehead atoms. The number of aryl methyl sites for hydroxylation is 1. The van der Waals surface area contributed by atoms with Gasteiger partial charge in [-0.2, -0.15) is 4.98 Å². The Kier molecular flexibility index (Phi) is 6.78. The van der Waals surface area contributed by atoms with E-state index in [0.717, 1.165) is 37.3 Å². The van der Waals surface area contributed by atoms with Gasteiger partial charge in [-0.05, 0) is 30.8 Å². The Morgan fingerprint density at radius 3 is 2.39 bits per heavy atom. The van der Waals surface area contributed by atoms with Crippen LogP contribution >= 0.6 is 11.6 Å². The molecule has 0 unspecified atom stereocenters. The molecule has 1 N–H and O–H groups in total. The van der Waals surface area contributed by atoms with Gasteiger partial charge in [0, 0.05) is 45.3 Å². The number of aliphatic hydroxyl groups excluding tert-OH is 1. The van der Waals surface area contributed by atoms with Gasteiger partial charge in [0.15, 0.2) is 11.2 Å². The SMILES string of the molecule is CCN1CCN(c2nc3c(c(=O)n(C)c(=O)n3C)n2C[C@@H](O)COc2ccc(Cl)cc2)CC1. The first-order chi connectivity index (χ1) is 15.8. The first-order valence-electron chi connectivity index (χ1n) is 11.0. The fourth-order valence-electron chi connectivity index (χ4n) is 4.10. The van der Waals surface area contributed by atoms with Crippen LogP contribution in [-0.2, 0) is 20.6 Å². The van der Waals surface area contributed by atoms with Crippen LogP contribution in [-0.4, -0.2) is 74.1 Å². The molecule has 178 valence electrons. The molecule has 33 heavy (non-hydrogen) atoms. The number of piperazine rings is 1. The zero-order chi connectivity index (χ0) is 23.7. The molecule has 3 aromatic rings. The third-order valence-electron chi connectivity index (χ3n) is 6.08. The number of hydrogen-bond acceptors (Lipinski definition) is 7. The highest BCUT2D eigenvalue weighted by Crippen LogP contribution is 2.22. The molecule has 0 saturated carbocycles. The van der Waals surface area contributed by atoms with Crippen LogP contribution in [0.5, 0.6) is 5.75 Å². The average Bonchev–Trinajstić information content (AvgIpc) is 3.20. The molecule has 2 aromatic heterocycles. The van der Waals surface area contributed by atoms with Gasteiger partial charge in [-0.25, -0.2) is 4.79 Å². The van der Waals surface area contributed by atoms with Crippen molar-refractivity contribution in [1.82, 2.24) is 23.6 Å². The minimum Gasteiger partial charge on any atom is -0.491 e. The van der Waals surface area contributed by atoms with E-state index >= 15 is 0 Å². The van der Waals surface area contributed by atoms with Crippen LogP contribution in [0.2, 0.25) is 5.02 Å². The monoisotopic (exact) mass is 476 g/mol. The van der Waals surface area contributed by atoms with Crippen molar-refractivity contribution in [2.45, 2.75) is 19.6 Å². The Morgan fingerprint density at radius 1 is 1.09 bits per heavy atom. The molecule has 0 spiro atoms. The van der Waals surface area contributed by atoms with Crippen LogP contribution in [0.1, 0.15) is 6.92 Å².